The fourth-order valence-corrected chi connectivity index (χ4v) is 5.04. The second-order valence-corrected chi connectivity index (χ2v) is 8.87. The minimum absolute atomic E-state index is 0.679. The van der Waals surface area contributed by atoms with Gasteiger partial charge in [-0.2, -0.15) is 0 Å². The van der Waals surface area contributed by atoms with Crippen LogP contribution >= 0.6 is 11.6 Å². The summed E-state index contributed by atoms with van der Waals surface area (Å²) in [6, 6.07) is 14.8. The first-order valence-corrected chi connectivity index (χ1v) is 11.1. The van der Waals surface area contributed by atoms with Crippen molar-refractivity contribution in [3.05, 3.63) is 53.1 Å². The Labute approximate surface area is 179 Å². The van der Waals surface area contributed by atoms with Gasteiger partial charge in [-0.25, -0.2) is 0 Å². The second-order valence-electron chi connectivity index (χ2n) is 8.44. The number of aromatic amines is 2. The van der Waals surface area contributed by atoms with E-state index >= 15 is 0 Å². The van der Waals surface area contributed by atoms with E-state index in [1.807, 2.05) is 18.2 Å². The van der Waals surface area contributed by atoms with E-state index in [0.29, 0.717) is 6.61 Å². The number of H-pyrrole nitrogens is 2. The molecule has 2 aromatic heterocycles. The Morgan fingerprint density at radius 3 is 2.27 bits per heavy atom. The van der Waals surface area contributed by atoms with E-state index in [1.165, 1.54) is 42.3 Å². The van der Waals surface area contributed by atoms with Crippen molar-refractivity contribution in [1.82, 2.24) is 14.9 Å². The molecule has 5 heteroatoms. The molecule has 0 amide bonds. The molecule has 0 saturated carbocycles. The second kappa shape index (κ2) is 6.93. The first-order chi connectivity index (χ1) is 14.7. The van der Waals surface area contributed by atoms with Crippen LogP contribution in [0.5, 0.6) is 5.75 Å². The minimum Gasteiger partial charge on any atom is -0.488 e. The lowest BCUT2D eigenvalue weighted by molar-refractivity contribution is 0.241. The number of nitrogens with one attached hydrogen (secondary N) is 2. The molecule has 2 N–H and O–H groups in total. The van der Waals surface area contributed by atoms with Crippen molar-refractivity contribution < 1.29 is 4.74 Å². The van der Waals surface area contributed by atoms with Crippen LogP contribution in [0.4, 0.5) is 0 Å². The van der Waals surface area contributed by atoms with Crippen molar-refractivity contribution in [1.29, 1.82) is 0 Å². The minimum atomic E-state index is 0.679. The van der Waals surface area contributed by atoms with Crippen LogP contribution in [0.15, 0.2) is 42.5 Å². The lowest BCUT2D eigenvalue weighted by Gasteiger charge is -2.15. The van der Waals surface area contributed by atoms with E-state index in [1.54, 1.807) is 0 Å². The van der Waals surface area contributed by atoms with Crippen molar-refractivity contribution in [2.24, 2.45) is 0 Å². The molecule has 1 fully saturated rings. The average molecular weight is 418 g/mol. The Morgan fingerprint density at radius 1 is 0.867 bits per heavy atom. The zero-order valence-corrected chi connectivity index (χ0v) is 17.8. The number of nitrogens with zero attached hydrogens (tertiary/aromatic N) is 1. The van der Waals surface area contributed by atoms with Crippen LogP contribution in [0.3, 0.4) is 0 Å². The maximum atomic E-state index is 6.48. The highest BCUT2D eigenvalue weighted by atomic mass is 35.5. The van der Waals surface area contributed by atoms with Crippen LogP contribution < -0.4 is 4.74 Å². The van der Waals surface area contributed by atoms with Crippen LogP contribution in [0, 0.1) is 6.92 Å². The fourth-order valence-electron chi connectivity index (χ4n) is 4.87. The highest BCUT2D eigenvalue weighted by Gasteiger charge is 2.18. The van der Waals surface area contributed by atoms with Gasteiger partial charge in [-0.05, 0) is 69.3 Å². The Kier molecular flexibility index (Phi) is 4.18. The van der Waals surface area contributed by atoms with Gasteiger partial charge in [-0.1, -0.05) is 23.2 Å². The zero-order valence-electron chi connectivity index (χ0n) is 17.0. The normalized spacial score (nSPS) is 15.3. The van der Waals surface area contributed by atoms with Gasteiger partial charge in [0.1, 0.15) is 6.61 Å². The van der Waals surface area contributed by atoms with E-state index in [-0.39, 0.29) is 0 Å². The SMILES string of the molecule is Cc1ccc2[nH]c3c(OCCN4CCCC4)c4[nH]c5ccc(Cl)cc5c4cc3c2c1. The molecule has 3 heterocycles. The molecule has 1 saturated heterocycles. The molecule has 3 aromatic carbocycles. The predicted octanol–water partition coefficient (Wildman–Crippen LogP) is 6.39. The standard InChI is InChI=1S/C25H24ClN3O/c1-15-4-6-21-17(12-15)19-14-20-18-13-16(26)5-7-22(18)28-24(20)25(23(19)27-21)30-11-10-29-8-2-3-9-29/h4-7,12-14,27-28H,2-3,8-11H2,1H3. The number of ether oxygens (including phenoxy) is 1. The molecular formula is C25H24ClN3O. The van der Waals surface area contributed by atoms with E-state index in [9.17, 15) is 0 Å². The summed E-state index contributed by atoms with van der Waals surface area (Å²) in [7, 11) is 0. The average Bonchev–Trinajstić information content (AvgIpc) is 3.45. The van der Waals surface area contributed by atoms with Crippen molar-refractivity contribution >= 4 is 55.2 Å². The molecule has 1 aliphatic heterocycles. The van der Waals surface area contributed by atoms with Gasteiger partial charge in [0.2, 0.25) is 0 Å². The number of rotatable bonds is 4. The van der Waals surface area contributed by atoms with Crippen molar-refractivity contribution in [2.75, 3.05) is 26.2 Å². The molecule has 5 aromatic rings. The third kappa shape index (κ3) is 2.86. The molecule has 6 rings (SSSR count). The smallest absolute Gasteiger partial charge is 0.167 e. The van der Waals surface area contributed by atoms with E-state index in [0.717, 1.165) is 50.2 Å². The third-order valence-electron chi connectivity index (χ3n) is 6.39. The van der Waals surface area contributed by atoms with Gasteiger partial charge in [0.15, 0.2) is 5.75 Å². The van der Waals surface area contributed by atoms with Gasteiger partial charge < -0.3 is 14.7 Å². The molecule has 0 atom stereocenters. The molecule has 0 bridgehead atoms. The van der Waals surface area contributed by atoms with Gasteiger partial charge in [0.05, 0.1) is 11.0 Å². The van der Waals surface area contributed by atoms with E-state index in [2.05, 4.69) is 46.1 Å². The Hall–Kier alpha value is -2.69. The highest BCUT2D eigenvalue weighted by Crippen LogP contribution is 2.41. The Balaban J connectivity index is 1.58. The lowest BCUT2D eigenvalue weighted by Crippen LogP contribution is -2.25. The first-order valence-electron chi connectivity index (χ1n) is 10.7. The molecular weight excluding hydrogens is 394 g/mol. The van der Waals surface area contributed by atoms with Gasteiger partial charge in [-0.15, -0.1) is 0 Å². The van der Waals surface area contributed by atoms with Gasteiger partial charge >= 0.3 is 0 Å². The summed E-state index contributed by atoms with van der Waals surface area (Å²) in [4.78, 5) is 9.68. The van der Waals surface area contributed by atoms with E-state index in [4.69, 9.17) is 16.3 Å². The molecule has 152 valence electrons. The summed E-state index contributed by atoms with van der Waals surface area (Å²) >= 11 is 6.33. The molecule has 1 aliphatic rings. The summed E-state index contributed by atoms with van der Waals surface area (Å²) in [5, 5.41) is 5.45. The van der Waals surface area contributed by atoms with Crippen LogP contribution in [-0.2, 0) is 0 Å². The number of aromatic nitrogens is 2. The van der Waals surface area contributed by atoms with Crippen molar-refractivity contribution in [3.63, 3.8) is 0 Å². The Morgan fingerprint density at radius 2 is 1.53 bits per heavy atom. The maximum Gasteiger partial charge on any atom is 0.167 e. The molecule has 0 aliphatic carbocycles. The van der Waals surface area contributed by atoms with Gasteiger partial charge in [0, 0.05) is 44.1 Å². The van der Waals surface area contributed by atoms with Crippen LogP contribution in [0.2, 0.25) is 5.02 Å². The molecule has 0 radical (unpaired) electrons. The fraction of sp³-hybridized carbons (Fsp3) is 0.280. The number of fused-ring (bicyclic) bond motifs is 6. The number of benzene rings is 3. The number of likely N-dealkylation sites (tertiary alicyclic amines) is 1. The quantitative estimate of drug-likeness (QED) is 0.355. The topological polar surface area (TPSA) is 44.0 Å². The molecule has 4 nitrogen and oxygen atoms in total. The predicted molar refractivity (Wildman–Crippen MR) is 126 cm³/mol. The summed E-state index contributed by atoms with van der Waals surface area (Å²) in [6.07, 6.45) is 2.59. The van der Waals surface area contributed by atoms with Crippen LogP contribution in [0.25, 0.3) is 43.6 Å². The maximum absolute atomic E-state index is 6.48. The van der Waals surface area contributed by atoms with Gasteiger partial charge in [-0.3, -0.25) is 4.90 Å². The number of hydrogen-bond acceptors (Lipinski definition) is 2. The summed E-state index contributed by atoms with van der Waals surface area (Å²) in [5.74, 6) is 0.905. The van der Waals surface area contributed by atoms with E-state index < -0.39 is 0 Å². The molecule has 0 unspecified atom stereocenters. The number of halogens is 1. The highest BCUT2D eigenvalue weighted by molar-refractivity contribution is 6.32. The van der Waals surface area contributed by atoms with Crippen LogP contribution in [0.1, 0.15) is 18.4 Å². The van der Waals surface area contributed by atoms with Crippen molar-refractivity contribution in [3.8, 4) is 5.75 Å². The molecule has 0 spiro atoms. The summed E-state index contributed by atoms with van der Waals surface area (Å²) in [6.45, 7) is 6.14. The largest absolute Gasteiger partial charge is 0.488 e. The van der Waals surface area contributed by atoms with Gasteiger partial charge in [0.25, 0.3) is 0 Å². The number of hydrogen-bond donors (Lipinski definition) is 2. The first kappa shape index (κ1) is 18.1. The zero-order chi connectivity index (χ0) is 20.2. The molecule has 30 heavy (non-hydrogen) atoms. The summed E-state index contributed by atoms with van der Waals surface area (Å²) < 4.78 is 6.48. The third-order valence-corrected chi connectivity index (χ3v) is 6.63. The monoisotopic (exact) mass is 417 g/mol. The number of aryl methyl sites for hydroxylation is 1. The van der Waals surface area contributed by atoms with Crippen molar-refractivity contribution in [2.45, 2.75) is 19.8 Å². The lowest BCUT2D eigenvalue weighted by atomic mass is 10.1. The Bertz CT molecular complexity index is 1310. The summed E-state index contributed by atoms with van der Waals surface area (Å²) in [5.41, 5.74) is 5.55. The van der Waals surface area contributed by atoms with Crippen LogP contribution in [-0.4, -0.2) is 41.1 Å².